The van der Waals surface area contributed by atoms with E-state index in [4.69, 9.17) is 0 Å². The molecular weight excluding hydrogens is 123 g/mol. The molecule has 0 spiro atoms. The van der Waals surface area contributed by atoms with E-state index in [1.807, 2.05) is 0 Å². The third-order valence-corrected chi connectivity index (χ3v) is 1.73. The van der Waals surface area contributed by atoms with Crippen LogP contribution in [0.2, 0.25) is 19.0 Å². The van der Waals surface area contributed by atoms with E-state index in [2.05, 4.69) is 20.8 Å². The SMILES string of the molecule is CCB(CC)CC.[CaH2]. The molecule has 0 nitrogen and oxygen atoms in total. The van der Waals surface area contributed by atoms with Crippen molar-refractivity contribution in [2.75, 3.05) is 0 Å². The van der Waals surface area contributed by atoms with Crippen LogP contribution in [0.4, 0.5) is 0 Å². The molecule has 0 unspecified atom stereocenters. The van der Waals surface area contributed by atoms with Gasteiger partial charge in [-0.2, -0.15) is 0 Å². The quantitative estimate of drug-likeness (QED) is 0.522. The first-order chi connectivity index (χ1) is 3.35. The predicted octanol–water partition coefficient (Wildman–Crippen LogP) is 1.62. The molecule has 2 heteroatoms. The number of rotatable bonds is 3. The van der Waals surface area contributed by atoms with Crippen LogP contribution in [0.1, 0.15) is 20.8 Å². The molecule has 46 valence electrons. The van der Waals surface area contributed by atoms with E-state index in [-0.39, 0.29) is 37.7 Å². The topological polar surface area (TPSA) is 0 Å². The maximum absolute atomic E-state index is 2.26. The van der Waals surface area contributed by atoms with Crippen LogP contribution in [0, 0.1) is 0 Å². The van der Waals surface area contributed by atoms with Gasteiger partial charge in [0.05, 0.1) is 0 Å². The molecule has 0 aromatic carbocycles. The summed E-state index contributed by atoms with van der Waals surface area (Å²) in [6.45, 7) is 7.77. The zero-order valence-corrected chi connectivity index (χ0v) is 5.70. The van der Waals surface area contributed by atoms with E-state index in [0.717, 1.165) is 6.71 Å². The third kappa shape index (κ3) is 5.46. The molecule has 0 atom stereocenters. The molecule has 0 aromatic rings. The van der Waals surface area contributed by atoms with Gasteiger partial charge in [-0.1, -0.05) is 39.7 Å². The Morgan fingerprint density at radius 2 is 1.12 bits per heavy atom. The van der Waals surface area contributed by atoms with Gasteiger partial charge in [-0.15, -0.1) is 0 Å². The molecule has 0 aliphatic heterocycles. The van der Waals surface area contributed by atoms with Crippen LogP contribution in [0.3, 0.4) is 0 Å². The van der Waals surface area contributed by atoms with Crippen LogP contribution in [0.15, 0.2) is 0 Å². The monoisotopic (exact) mass is 140 g/mol. The second-order valence-electron chi connectivity index (χ2n) is 2.09. The summed E-state index contributed by atoms with van der Waals surface area (Å²) in [5.41, 5.74) is 0. The van der Waals surface area contributed by atoms with E-state index < -0.39 is 0 Å². The molecule has 0 radical (unpaired) electrons. The second-order valence-corrected chi connectivity index (χ2v) is 2.09. The van der Waals surface area contributed by atoms with Crippen LogP contribution in [0.25, 0.3) is 0 Å². The Morgan fingerprint density at radius 3 is 1.12 bits per heavy atom. The number of hydrogen-bond donors (Lipinski definition) is 0. The molecule has 0 fully saturated rings. The Labute approximate surface area is 83.5 Å². The normalized spacial score (nSPS) is 7.88. The van der Waals surface area contributed by atoms with Crippen LogP contribution in [-0.2, 0) is 0 Å². The van der Waals surface area contributed by atoms with Crippen LogP contribution >= 0.6 is 0 Å². The van der Waals surface area contributed by atoms with E-state index >= 15 is 0 Å². The summed E-state index contributed by atoms with van der Waals surface area (Å²) in [6, 6.07) is 0. The van der Waals surface area contributed by atoms with Crippen molar-refractivity contribution in [2.24, 2.45) is 0 Å². The van der Waals surface area contributed by atoms with Gasteiger partial charge in [-0.3, -0.25) is 0 Å². The molecule has 0 aliphatic carbocycles. The van der Waals surface area contributed by atoms with E-state index in [1.54, 1.807) is 0 Å². The summed E-state index contributed by atoms with van der Waals surface area (Å²) < 4.78 is 0. The Hall–Kier alpha value is 1.32. The standard InChI is InChI=1S/C6H15B.Ca.2H/c1-4-7(5-2)6-3;;;/h4-6H2,1-3H3;;;. The molecular formula is C6H17BCa. The molecule has 0 N–H and O–H groups in total. The zero-order chi connectivity index (χ0) is 5.70. The summed E-state index contributed by atoms with van der Waals surface area (Å²) in [5, 5.41) is 0. The molecule has 0 rings (SSSR count). The summed E-state index contributed by atoms with van der Waals surface area (Å²) in [6.07, 6.45) is 4.06. The Balaban J connectivity index is 0. The van der Waals surface area contributed by atoms with Crippen LogP contribution < -0.4 is 0 Å². The first-order valence-electron chi connectivity index (χ1n) is 3.35. The van der Waals surface area contributed by atoms with Crippen molar-refractivity contribution in [3.05, 3.63) is 0 Å². The van der Waals surface area contributed by atoms with Crippen molar-refractivity contribution in [3.8, 4) is 0 Å². The van der Waals surface area contributed by atoms with Gasteiger partial charge in [0.1, 0.15) is 6.71 Å². The van der Waals surface area contributed by atoms with Gasteiger partial charge in [-0.05, 0) is 0 Å². The Bertz CT molecular complexity index is 30.0. The van der Waals surface area contributed by atoms with Crippen LogP contribution in [0.5, 0.6) is 0 Å². The van der Waals surface area contributed by atoms with E-state index in [9.17, 15) is 0 Å². The molecule has 0 saturated carbocycles. The van der Waals surface area contributed by atoms with E-state index in [1.165, 1.54) is 19.0 Å². The van der Waals surface area contributed by atoms with Crippen molar-refractivity contribution < 1.29 is 0 Å². The van der Waals surface area contributed by atoms with Gasteiger partial charge in [0.25, 0.3) is 0 Å². The second kappa shape index (κ2) is 8.32. The van der Waals surface area contributed by atoms with Gasteiger partial charge in [-0.25, -0.2) is 0 Å². The summed E-state index contributed by atoms with van der Waals surface area (Å²) >= 11 is 0. The molecule has 0 bridgehead atoms. The van der Waals surface area contributed by atoms with Gasteiger partial charge in [0, 0.05) is 0 Å². The number of hydrogen-bond acceptors (Lipinski definition) is 0. The van der Waals surface area contributed by atoms with Gasteiger partial charge in [0.2, 0.25) is 0 Å². The van der Waals surface area contributed by atoms with Gasteiger partial charge in [0.15, 0.2) is 0 Å². The Morgan fingerprint density at radius 1 is 0.875 bits per heavy atom. The molecule has 0 aromatic heterocycles. The van der Waals surface area contributed by atoms with Crippen molar-refractivity contribution >= 4 is 44.5 Å². The molecule has 0 aliphatic rings. The minimum atomic E-state index is 0. The fraction of sp³-hybridized carbons (Fsp3) is 1.00. The summed E-state index contributed by atoms with van der Waals surface area (Å²) in [4.78, 5) is 0. The van der Waals surface area contributed by atoms with Crippen molar-refractivity contribution in [1.29, 1.82) is 0 Å². The van der Waals surface area contributed by atoms with Gasteiger partial charge >= 0.3 is 37.7 Å². The first-order valence-corrected chi connectivity index (χ1v) is 3.35. The van der Waals surface area contributed by atoms with Crippen molar-refractivity contribution in [3.63, 3.8) is 0 Å². The van der Waals surface area contributed by atoms with Crippen molar-refractivity contribution in [2.45, 2.75) is 39.7 Å². The van der Waals surface area contributed by atoms with Crippen LogP contribution in [-0.4, -0.2) is 44.5 Å². The molecule has 0 heterocycles. The summed E-state index contributed by atoms with van der Waals surface area (Å²) in [7, 11) is 0. The molecule has 0 amide bonds. The average molecular weight is 140 g/mol. The Kier molecular flexibility index (Phi) is 12.5. The fourth-order valence-electron chi connectivity index (χ4n) is 0.866. The maximum atomic E-state index is 2.26. The fourth-order valence-corrected chi connectivity index (χ4v) is 0.866. The molecule has 0 saturated heterocycles. The average Bonchev–Trinajstić information content (AvgIpc) is 1.72. The zero-order valence-electron chi connectivity index (χ0n) is 5.70. The first kappa shape index (κ1) is 12.0. The van der Waals surface area contributed by atoms with Crippen molar-refractivity contribution in [1.82, 2.24) is 0 Å². The predicted molar refractivity (Wildman–Crippen MR) is 45.7 cm³/mol. The summed E-state index contributed by atoms with van der Waals surface area (Å²) in [5.74, 6) is 0. The molecule has 8 heavy (non-hydrogen) atoms. The third-order valence-electron chi connectivity index (χ3n) is 1.73. The van der Waals surface area contributed by atoms with Gasteiger partial charge < -0.3 is 0 Å². The van der Waals surface area contributed by atoms with E-state index in [0.29, 0.717) is 0 Å². The minimum absolute atomic E-state index is 0.